The van der Waals surface area contributed by atoms with Gasteiger partial charge in [0, 0.05) is 25.8 Å². The van der Waals surface area contributed by atoms with Crippen LogP contribution in [0.5, 0.6) is 11.5 Å². The maximum Gasteiger partial charge on any atom is 0.150 e. The molecule has 2 aromatic rings. The summed E-state index contributed by atoms with van der Waals surface area (Å²) in [5.74, 6) is 1.21. The van der Waals surface area contributed by atoms with Crippen LogP contribution in [0, 0.1) is 0 Å². The Morgan fingerprint density at radius 3 is 2.52 bits per heavy atom. The Morgan fingerprint density at radius 1 is 1.00 bits per heavy atom. The van der Waals surface area contributed by atoms with Crippen molar-refractivity contribution < 1.29 is 9.47 Å². The summed E-state index contributed by atoms with van der Waals surface area (Å²) in [5, 5.41) is 4.38. The van der Waals surface area contributed by atoms with Gasteiger partial charge in [-0.05, 0) is 18.2 Å². The lowest BCUT2D eigenvalue weighted by Gasteiger charge is -2.14. The fraction of sp³-hybridized carbons (Fsp3) is 0.250. The van der Waals surface area contributed by atoms with Crippen molar-refractivity contribution >= 4 is 23.2 Å². The molecule has 3 nitrogen and oxygen atoms in total. The minimum absolute atomic E-state index is 0.552. The molecule has 0 amide bonds. The normalized spacial score (nSPS) is 10.6. The molecule has 0 saturated carbocycles. The average molecular weight is 326 g/mol. The molecular formula is C16H17Cl2NO2. The number of rotatable bonds is 7. The van der Waals surface area contributed by atoms with Crippen LogP contribution in [0.25, 0.3) is 0 Å². The van der Waals surface area contributed by atoms with Crippen molar-refractivity contribution in [3.8, 4) is 11.5 Å². The van der Waals surface area contributed by atoms with Crippen LogP contribution in [0.1, 0.15) is 5.56 Å². The summed E-state index contributed by atoms with van der Waals surface area (Å²) in [5.41, 5.74) is 0.971. The van der Waals surface area contributed by atoms with E-state index >= 15 is 0 Å². The van der Waals surface area contributed by atoms with Crippen molar-refractivity contribution in [3.63, 3.8) is 0 Å². The van der Waals surface area contributed by atoms with Crippen molar-refractivity contribution in [3.05, 3.63) is 58.1 Å². The van der Waals surface area contributed by atoms with Gasteiger partial charge in [-0.1, -0.05) is 47.5 Å². The first-order chi connectivity index (χ1) is 10.2. The second kappa shape index (κ2) is 8.25. The summed E-state index contributed by atoms with van der Waals surface area (Å²) < 4.78 is 10.9. The quantitative estimate of drug-likeness (QED) is 0.759. The minimum atomic E-state index is 0.552. The molecule has 112 valence electrons. The number of hydrogen-bond acceptors (Lipinski definition) is 3. The van der Waals surface area contributed by atoms with Crippen molar-refractivity contribution in [2.45, 2.75) is 6.54 Å². The smallest absolute Gasteiger partial charge is 0.150 e. The Labute approximate surface area is 134 Å². The molecule has 0 spiro atoms. The van der Waals surface area contributed by atoms with E-state index < -0.39 is 0 Å². The molecule has 0 aliphatic heterocycles. The molecule has 0 aliphatic carbocycles. The molecule has 0 saturated heterocycles. The van der Waals surface area contributed by atoms with Crippen LogP contribution in [0.15, 0.2) is 42.5 Å². The maximum absolute atomic E-state index is 6.25. The predicted molar refractivity (Wildman–Crippen MR) is 86.6 cm³/mol. The van der Waals surface area contributed by atoms with Gasteiger partial charge in [0.15, 0.2) is 5.75 Å². The lowest BCUT2D eigenvalue weighted by atomic mass is 10.2. The lowest BCUT2D eigenvalue weighted by Crippen LogP contribution is -2.18. The molecule has 2 rings (SSSR count). The standard InChI is InChI=1S/C16H17Cl2NO2/c1-20-10-9-19-11-12-5-4-7-14(18)16(12)21-15-8-3-2-6-13(15)17/h2-8,19H,9-11H2,1H3. The Bertz CT molecular complexity index is 590. The summed E-state index contributed by atoms with van der Waals surface area (Å²) in [4.78, 5) is 0. The molecule has 0 fully saturated rings. The highest BCUT2D eigenvalue weighted by molar-refractivity contribution is 6.33. The van der Waals surface area contributed by atoms with E-state index in [0.717, 1.165) is 12.1 Å². The van der Waals surface area contributed by atoms with Crippen molar-refractivity contribution in [1.82, 2.24) is 5.32 Å². The molecule has 0 aromatic heterocycles. The number of ether oxygens (including phenoxy) is 2. The number of hydrogen-bond donors (Lipinski definition) is 1. The molecule has 0 aliphatic rings. The van der Waals surface area contributed by atoms with Gasteiger partial charge in [0.25, 0.3) is 0 Å². The zero-order valence-corrected chi connectivity index (χ0v) is 13.2. The van der Waals surface area contributed by atoms with Crippen LogP contribution in [-0.4, -0.2) is 20.3 Å². The third-order valence-electron chi connectivity index (χ3n) is 2.90. The van der Waals surface area contributed by atoms with Crippen LogP contribution >= 0.6 is 23.2 Å². The first-order valence-electron chi connectivity index (χ1n) is 6.62. The van der Waals surface area contributed by atoms with Crippen LogP contribution in [0.4, 0.5) is 0 Å². The second-order valence-electron chi connectivity index (χ2n) is 4.43. The fourth-order valence-corrected chi connectivity index (χ4v) is 2.25. The van der Waals surface area contributed by atoms with E-state index in [1.54, 1.807) is 19.2 Å². The highest BCUT2D eigenvalue weighted by atomic mass is 35.5. The Kier molecular flexibility index (Phi) is 6.33. The Hall–Kier alpha value is -1.26. The summed E-state index contributed by atoms with van der Waals surface area (Å²) in [6.45, 7) is 2.06. The molecule has 2 aromatic carbocycles. The van der Waals surface area contributed by atoms with Gasteiger partial charge in [0.2, 0.25) is 0 Å². The SMILES string of the molecule is COCCNCc1cccc(Cl)c1Oc1ccccc1Cl. The van der Waals surface area contributed by atoms with E-state index in [0.29, 0.717) is 34.7 Å². The van der Waals surface area contributed by atoms with E-state index in [2.05, 4.69) is 5.32 Å². The van der Waals surface area contributed by atoms with Gasteiger partial charge in [-0.15, -0.1) is 0 Å². The van der Waals surface area contributed by atoms with Gasteiger partial charge < -0.3 is 14.8 Å². The van der Waals surface area contributed by atoms with Crippen molar-refractivity contribution in [1.29, 1.82) is 0 Å². The van der Waals surface area contributed by atoms with E-state index in [1.165, 1.54) is 0 Å². The van der Waals surface area contributed by atoms with Crippen molar-refractivity contribution in [2.24, 2.45) is 0 Å². The lowest BCUT2D eigenvalue weighted by molar-refractivity contribution is 0.199. The van der Waals surface area contributed by atoms with Gasteiger partial charge in [-0.3, -0.25) is 0 Å². The van der Waals surface area contributed by atoms with Crippen LogP contribution < -0.4 is 10.1 Å². The number of halogens is 2. The van der Waals surface area contributed by atoms with Crippen LogP contribution in [0.3, 0.4) is 0 Å². The van der Waals surface area contributed by atoms with Crippen LogP contribution in [0.2, 0.25) is 10.0 Å². The van der Waals surface area contributed by atoms with Gasteiger partial charge in [0.05, 0.1) is 16.7 Å². The number of nitrogens with one attached hydrogen (secondary N) is 1. The van der Waals surface area contributed by atoms with Crippen molar-refractivity contribution in [2.75, 3.05) is 20.3 Å². The Balaban J connectivity index is 2.16. The topological polar surface area (TPSA) is 30.5 Å². The van der Waals surface area contributed by atoms with E-state index in [9.17, 15) is 0 Å². The van der Waals surface area contributed by atoms with Gasteiger partial charge in [0.1, 0.15) is 5.75 Å². The first kappa shape index (κ1) is 16.1. The number of para-hydroxylation sites is 2. The van der Waals surface area contributed by atoms with Crippen LogP contribution in [-0.2, 0) is 11.3 Å². The van der Waals surface area contributed by atoms with E-state index in [-0.39, 0.29) is 0 Å². The second-order valence-corrected chi connectivity index (χ2v) is 5.24. The minimum Gasteiger partial charge on any atom is -0.454 e. The van der Waals surface area contributed by atoms with E-state index in [1.807, 2.05) is 30.3 Å². The van der Waals surface area contributed by atoms with Gasteiger partial charge in [-0.2, -0.15) is 0 Å². The van der Waals surface area contributed by atoms with E-state index in [4.69, 9.17) is 32.7 Å². The third-order valence-corrected chi connectivity index (χ3v) is 3.51. The summed E-state index contributed by atoms with van der Waals surface area (Å²) in [7, 11) is 1.67. The molecule has 5 heteroatoms. The summed E-state index contributed by atoms with van der Waals surface area (Å²) >= 11 is 12.4. The highest BCUT2D eigenvalue weighted by Gasteiger charge is 2.11. The number of benzene rings is 2. The monoisotopic (exact) mass is 325 g/mol. The predicted octanol–water partition coefficient (Wildman–Crippen LogP) is 4.52. The zero-order valence-electron chi connectivity index (χ0n) is 11.7. The molecule has 1 N–H and O–H groups in total. The zero-order chi connectivity index (χ0) is 15.1. The summed E-state index contributed by atoms with van der Waals surface area (Å²) in [6, 6.07) is 13.0. The molecule has 0 heterocycles. The molecule has 0 unspecified atom stereocenters. The first-order valence-corrected chi connectivity index (χ1v) is 7.37. The summed E-state index contributed by atoms with van der Waals surface area (Å²) in [6.07, 6.45) is 0. The molecule has 0 atom stereocenters. The molecule has 0 bridgehead atoms. The largest absolute Gasteiger partial charge is 0.454 e. The maximum atomic E-state index is 6.25. The highest BCUT2D eigenvalue weighted by Crippen LogP contribution is 2.35. The Morgan fingerprint density at radius 2 is 1.76 bits per heavy atom. The van der Waals surface area contributed by atoms with Gasteiger partial charge >= 0.3 is 0 Å². The molecule has 0 radical (unpaired) electrons. The molecule has 21 heavy (non-hydrogen) atoms. The number of methoxy groups -OCH3 is 1. The third kappa shape index (κ3) is 4.61. The molecular weight excluding hydrogens is 309 g/mol. The average Bonchev–Trinajstić information content (AvgIpc) is 2.49. The fourth-order valence-electron chi connectivity index (χ4n) is 1.84. The van der Waals surface area contributed by atoms with Gasteiger partial charge in [-0.25, -0.2) is 0 Å².